The molecular formula is C24H27N5OS. The number of thioether (sulfide) groups is 1. The van der Waals surface area contributed by atoms with Gasteiger partial charge in [-0.05, 0) is 49.9 Å². The number of benzene rings is 2. The summed E-state index contributed by atoms with van der Waals surface area (Å²) in [5.74, 6) is 0.819. The van der Waals surface area contributed by atoms with Crippen LogP contribution in [0.5, 0.6) is 0 Å². The fourth-order valence-corrected chi connectivity index (χ4v) is 5.83. The van der Waals surface area contributed by atoms with E-state index in [0.29, 0.717) is 0 Å². The number of hydrogen-bond donors (Lipinski definition) is 2. The fourth-order valence-electron chi connectivity index (χ4n) is 4.61. The van der Waals surface area contributed by atoms with E-state index in [-0.39, 0.29) is 16.7 Å². The third-order valence-electron chi connectivity index (χ3n) is 6.48. The summed E-state index contributed by atoms with van der Waals surface area (Å²) in [6, 6.07) is 16.1. The molecule has 1 spiro atoms. The van der Waals surface area contributed by atoms with Crippen LogP contribution in [0.3, 0.4) is 0 Å². The molecule has 1 unspecified atom stereocenters. The molecule has 1 saturated carbocycles. The van der Waals surface area contributed by atoms with Crippen LogP contribution in [0, 0.1) is 13.8 Å². The van der Waals surface area contributed by atoms with E-state index >= 15 is 0 Å². The number of aromatic nitrogens is 3. The zero-order valence-electron chi connectivity index (χ0n) is 17.9. The first-order valence-corrected chi connectivity index (χ1v) is 11.8. The van der Waals surface area contributed by atoms with Crippen molar-refractivity contribution in [1.82, 2.24) is 14.9 Å². The summed E-state index contributed by atoms with van der Waals surface area (Å²) in [6.45, 7) is 4.15. The number of nitrogens with zero attached hydrogens (tertiary/aromatic N) is 3. The van der Waals surface area contributed by atoms with E-state index in [2.05, 4.69) is 40.9 Å². The Morgan fingerprint density at radius 2 is 1.84 bits per heavy atom. The Balaban J connectivity index is 1.48. The van der Waals surface area contributed by atoms with Crippen molar-refractivity contribution in [1.29, 1.82) is 0 Å². The smallest absolute Gasteiger partial charge is 0.240 e. The molecular weight excluding hydrogens is 406 g/mol. The van der Waals surface area contributed by atoms with Gasteiger partial charge in [-0.1, -0.05) is 67.4 Å². The SMILES string of the molecule is Cc1ccc(NC(=O)C2Sc3nnc(-c4ccccc4)n3NC23CCCCC3)cc1C. The molecule has 1 aliphatic carbocycles. The van der Waals surface area contributed by atoms with E-state index in [1.54, 1.807) is 0 Å². The molecule has 7 heteroatoms. The summed E-state index contributed by atoms with van der Waals surface area (Å²) in [5.41, 5.74) is 7.64. The Morgan fingerprint density at radius 1 is 1.06 bits per heavy atom. The van der Waals surface area contributed by atoms with E-state index in [1.165, 1.54) is 29.3 Å². The molecule has 1 aromatic heterocycles. The maximum Gasteiger partial charge on any atom is 0.240 e. The van der Waals surface area contributed by atoms with Crippen molar-refractivity contribution in [2.75, 3.05) is 10.7 Å². The van der Waals surface area contributed by atoms with Crippen LogP contribution in [0.2, 0.25) is 0 Å². The second-order valence-corrected chi connectivity index (χ2v) is 9.69. The van der Waals surface area contributed by atoms with Crippen molar-refractivity contribution in [3.63, 3.8) is 0 Å². The summed E-state index contributed by atoms with van der Waals surface area (Å²) in [4.78, 5) is 13.5. The van der Waals surface area contributed by atoms with Crippen LogP contribution < -0.4 is 10.7 Å². The first kappa shape index (κ1) is 20.1. The highest BCUT2D eigenvalue weighted by molar-refractivity contribution is 8.00. The van der Waals surface area contributed by atoms with E-state index in [4.69, 9.17) is 0 Å². The summed E-state index contributed by atoms with van der Waals surface area (Å²) in [5, 5.41) is 12.5. The monoisotopic (exact) mass is 433 g/mol. The highest BCUT2D eigenvalue weighted by Gasteiger charge is 2.49. The maximum absolute atomic E-state index is 13.5. The summed E-state index contributed by atoms with van der Waals surface area (Å²) < 4.78 is 1.99. The van der Waals surface area contributed by atoms with Crippen LogP contribution in [0.15, 0.2) is 53.7 Å². The zero-order chi connectivity index (χ0) is 21.4. The van der Waals surface area contributed by atoms with Gasteiger partial charge in [0.2, 0.25) is 11.1 Å². The van der Waals surface area contributed by atoms with Gasteiger partial charge in [-0.25, -0.2) is 4.68 Å². The first-order chi connectivity index (χ1) is 15.1. The van der Waals surface area contributed by atoms with Gasteiger partial charge in [-0.3, -0.25) is 4.79 Å². The van der Waals surface area contributed by atoms with Crippen LogP contribution in [-0.2, 0) is 4.79 Å². The quantitative estimate of drug-likeness (QED) is 0.613. The minimum absolute atomic E-state index is 0.0261. The third-order valence-corrected chi connectivity index (χ3v) is 7.86. The molecule has 2 aromatic carbocycles. The van der Waals surface area contributed by atoms with E-state index in [9.17, 15) is 4.79 Å². The van der Waals surface area contributed by atoms with Gasteiger partial charge in [-0.2, -0.15) is 0 Å². The number of carbonyl (C=O) groups excluding carboxylic acids is 1. The van der Waals surface area contributed by atoms with Gasteiger partial charge in [0.25, 0.3) is 0 Å². The van der Waals surface area contributed by atoms with E-state index < -0.39 is 0 Å². The van der Waals surface area contributed by atoms with Gasteiger partial charge in [0, 0.05) is 11.3 Å². The molecule has 160 valence electrons. The number of aryl methyl sites for hydroxylation is 2. The normalized spacial score (nSPS) is 19.5. The minimum Gasteiger partial charge on any atom is -0.325 e. The molecule has 2 heterocycles. The molecule has 0 bridgehead atoms. The minimum atomic E-state index is -0.314. The molecule has 0 radical (unpaired) electrons. The summed E-state index contributed by atoms with van der Waals surface area (Å²) in [6.07, 6.45) is 5.34. The molecule has 6 nitrogen and oxygen atoms in total. The molecule has 2 aliphatic rings. The predicted molar refractivity (Wildman–Crippen MR) is 125 cm³/mol. The second kappa shape index (κ2) is 8.04. The lowest BCUT2D eigenvalue weighted by atomic mass is 9.79. The molecule has 1 amide bonds. The molecule has 1 fully saturated rings. The Labute approximate surface area is 186 Å². The standard InChI is InChI=1S/C24H27N5OS/c1-16-11-12-19(15-17(16)2)25-22(30)20-24(13-7-4-8-14-24)28-29-21(26-27-23(29)31-20)18-9-5-3-6-10-18/h3,5-6,9-12,15,20,28H,4,7-8,13-14H2,1-2H3,(H,25,30). The lowest BCUT2D eigenvalue weighted by molar-refractivity contribution is -0.117. The lowest BCUT2D eigenvalue weighted by Crippen LogP contribution is -2.59. The topological polar surface area (TPSA) is 71.8 Å². The van der Waals surface area contributed by atoms with Crippen LogP contribution in [0.25, 0.3) is 11.4 Å². The first-order valence-electron chi connectivity index (χ1n) is 10.9. The number of nitrogens with one attached hydrogen (secondary N) is 2. The molecule has 1 atom stereocenters. The molecule has 2 N–H and O–H groups in total. The Morgan fingerprint density at radius 3 is 2.58 bits per heavy atom. The number of anilines is 1. The van der Waals surface area contributed by atoms with Crippen molar-refractivity contribution in [2.24, 2.45) is 0 Å². The van der Waals surface area contributed by atoms with Crippen LogP contribution in [0.1, 0.15) is 43.2 Å². The highest BCUT2D eigenvalue weighted by atomic mass is 32.2. The van der Waals surface area contributed by atoms with E-state index in [1.807, 2.05) is 47.1 Å². The van der Waals surface area contributed by atoms with Gasteiger partial charge in [0.1, 0.15) is 5.25 Å². The van der Waals surface area contributed by atoms with Crippen LogP contribution >= 0.6 is 11.8 Å². The average molecular weight is 434 g/mol. The largest absolute Gasteiger partial charge is 0.325 e. The number of fused-ring (bicyclic) bond motifs is 1. The third kappa shape index (κ3) is 3.71. The summed E-state index contributed by atoms with van der Waals surface area (Å²) >= 11 is 1.53. The van der Waals surface area contributed by atoms with Gasteiger partial charge >= 0.3 is 0 Å². The Kier molecular flexibility index (Phi) is 5.22. The van der Waals surface area contributed by atoms with E-state index in [0.717, 1.165) is 47.9 Å². The number of rotatable bonds is 3. The number of carbonyl (C=O) groups is 1. The number of amides is 1. The van der Waals surface area contributed by atoms with Gasteiger partial charge in [0.15, 0.2) is 5.82 Å². The maximum atomic E-state index is 13.5. The van der Waals surface area contributed by atoms with Gasteiger partial charge in [-0.15, -0.1) is 10.2 Å². The van der Waals surface area contributed by atoms with Crippen molar-refractivity contribution in [3.05, 3.63) is 59.7 Å². The molecule has 0 saturated heterocycles. The molecule has 3 aromatic rings. The molecule has 5 rings (SSSR count). The van der Waals surface area contributed by atoms with Crippen molar-refractivity contribution >= 4 is 23.4 Å². The zero-order valence-corrected chi connectivity index (χ0v) is 18.7. The van der Waals surface area contributed by atoms with Crippen molar-refractivity contribution in [3.8, 4) is 11.4 Å². The fraction of sp³-hybridized carbons (Fsp3) is 0.375. The highest BCUT2D eigenvalue weighted by Crippen LogP contribution is 2.44. The summed E-state index contributed by atoms with van der Waals surface area (Å²) in [7, 11) is 0. The second-order valence-electron chi connectivity index (χ2n) is 8.62. The molecule has 1 aliphatic heterocycles. The predicted octanol–water partition coefficient (Wildman–Crippen LogP) is 4.92. The van der Waals surface area contributed by atoms with Crippen LogP contribution in [-0.4, -0.2) is 31.6 Å². The van der Waals surface area contributed by atoms with Crippen molar-refractivity contribution in [2.45, 2.75) is 61.9 Å². The Hall–Kier alpha value is -2.80. The Bertz CT molecular complexity index is 1100. The average Bonchev–Trinajstić information content (AvgIpc) is 3.19. The van der Waals surface area contributed by atoms with Gasteiger partial charge in [0.05, 0.1) is 5.54 Å². The number of hydrogen-bond acceptors (Lipinski definition) is 5. The van der Waals surface area contributed by atoms with Crippen molar-refractivity contribution < 1.29 is 4.79 Å². The van der Waals surface area contributed by atoms with Crippen LogP contribution in [0.4, 0.5) is 5.69 Å². The van der Waals surface area contributed by atoms with Gasteiger partial charge < -0.3 is 10.7 Å². The molecule has 31 heavy (non-hydrogen) atoms. The lowest BCUT2D eigenvalue weighted by Gasteiger charge is -2.46.